The van der Waals surface area contributed by atoms with E-state index in [1.54, 1.807) is 0 Å². The first-order chi connectivity index (χ1) is 11.3. The predicted octanol–water partition coefficient (Wildman–Crippen LogP) is 5.71. The Labute approximate surface area is 148 Å². The second-order valence-corrected chi connectivity index (χ2v) is 8.22. The molecule has 0 saturated heterocycles. The Kier molecular flexibility index (Phi) is 6.11. The Morgan fingerprint density at radius 3 is 2.67 bits per heavy atom. The van der Waals surface area contributed by atoms with Gasteiger partial charge < -0.3 is 4.74 Å². The fraction of sp³-hybridized carbons (Fsp3) is 0.682. The van der Waals surface area contributed by atoms with Crippen molar-refractivity contribution in [3.63, 3.8) is 0 Å². The molecule has 0 aromatic heterocycles. The van der Waals surface area contributed by atoms with Crippen LogP contribution in [-0.4, -0.2) is 12.1 Å². The molecule has 0 fully saturated rings. The molecule has 2 aliphatic rings. The van der Waals surface area contributed by atoms with E-state index in [9.17, 15) is 4.79 Å². The lowest BCUT2D eigenvalue weighted by atomic mass is 9.66. The third kappa shape index (κ3) is 4.02. The van der Waals surface area contributed by atoms with Crippen molar-refractivity contribution in [1.29, 1.82) is 0 Å². The monoisotopic (exact) mass is 330 g/mol. The average Bonchev–Trinajstić information content (AvgIpc) is 2.54. The molecule has 0 amide bonds. The Morgan fingerprint density at radius 1 is 1.33 bits per heavy atom. The van der Waals surface area contributed by atoms with E-state index in [1.165, 1.54) is 5.57 Å². The van der Waals surface area contributed by atoms with Crippen LogP contribution in [0, 0.1) is 29.1 Å². The molecule has 5 atom stereocenters. The first-order valence-electron chi connectivity index (χ1n) is 9.57. The van der Waals surface area contributed by atoms with Crippen molar-refractivity contribution < 1.29 is 9.53 Å². The van der Waals surface area contributed by atoms with E-state index >= 15 is 0 Å². The number of allylic oxidation sites excluding steroid dienone is 5. The molecule has 0 bridgehead atoms. The van der Waals surface area contributed by atoms with Crippen molar-refractivity contribution in [2.75, 3.05) is 0 Å². The van der Waals surface area contributed by atoms with Crippen LogP contribution < -0.4 is 0 Å². The molecule has 24 heavy (non-hydrogen) atoms. The molecule has 0 spiro atoms. The standard InChI is InChI=1S/C22H34O2/c1-7-9-10-18-16(4)11-12-17-13-15(3)14-19(20(17)18)24-21(23)22(5,6)8-2/h9-13,15-16,18-20H,7-8,14H2,1-6H3/b10-9+/t15?,16-,18-,19-,20-/m0/s1. The highest BCUT2D eigenvalue weighted by atomic mass is 16.5. The molecule has 0 N–H and O–H groups in total. The fourth-order valence-electron chi connectivity index (χ4n) is 3.74. The van der Waals surface area contributed by atoms with Gasteiger partial charge >= 0.3 is 5.97 Å². The molecule has 0 aromatic rings. The van der Waals surface area contributed by atoms with Crippen LogP contribution in [0.4, 0.5) is 0 Å². The van der Waals surface area contributed by atoms with Crippen molar-refractivity contribution in [2.24, 2.45) is 29.1 Å². The van der Waals surface area contributed by atoms with Crippen LogP contribution in [0.15, 0.2) is 36.0 Å². The maximum absolute atomic E-state index is 12.7. The van der Waals surface area contributed by atoms with Crippen molar-refractivity contribution in [3.8, 4) is 0 Å². The van der Waals surface area contributed by atoms with E-state index < -0.39 is 5.41 Å². The van der Waals surface area contributed by atoms with E-state index in [-0.39, 0.29) is 12.1 Å². The lowest BCUT2D eigenvalue weighted by Crippen LogP contribution is -2.42. The number of rotatable bonds is 5. The van der Waals surface area contributed by atoms with E-state index in [0.717, 1.165) is 19.3 Å². The lowest BCUT2D eigenvalue weighted by molar-refractivity contribution is -0.164. The molecule has 2 rings (SSSR count). The minimum absolute atomic E-state index is 0.0165. The van der Waals surface area contributed by atoms with Crippen LogP contribution in [0.25, 0.3) is 0 Å². The zero-order chi connectivity index (χ0) is 17.9. The van der Waals surface area contributed by atoms with Crippen LogP contribution in [0.1, 0.15) is 60.8 Å². The summed E-state index contributed by atoms with van der Waals surface area (Å²) in [6.07, 6.45) is 14.3. The van der Waals surface area contributed by atoms with Gasteiger partial charge in [0.1, 0.15) is 6.10 Å². The number of carbonyl (C=O) groups excluding carboxylic acids is 1. The van der Waals surface area contributed by atoms with Crippen LogP contribution in [0.3, 0.4) is 0 Å². The molecule has 134 valence electrons. The topological polar surface area (TPSA) is 26.3 Å². The predicted molar refractivity (Wildman–Crippen MR) is 101 cm³/mol. The summed E-state index contributed by atoms with van der Waals surface area (Å²) in [5.41, 5.74) is 0.944. The van der Waals surface area contributed by atoms with Gasteiger partial charge in [0.05, 0.1) is 5.41 Å². The minimum atomic E-state index is -0.407. The summed E-state index contributed by atoms with van der Waals surface area (Å²) in [6, 6.07) is 0. The van der Waals surface area contributed by atoms with Gasteiger partial charge in [-0.25, -0.2) is 0 Å². The van der Waals surface area contributed by atoms with Gasteiger partial charge in [-0.2, -0.15) is 0 Å². The quantitative estimate of drug-likeness (QED) is 0.477. The first-order valence-corrected chi connectivity index (χ1v) is 9.57. The molecule has 2 heteroatoms. The molecule has 0 radical (unpaired) electrons. The highest BCUT2D eigenvalue weighted by Crippen LogP contribution is 2.44. The van der Waals surface area contributed by atoms with Gasteiger partial charge in [0.15, 0.2) is 0 Å². The Morgan fingerprint density at radius 2 is 2.04 bits per heavy atom. The summed E-state index contributed by atoms with van der Waals surface area (Å²) in [5.74, 6) is 1.58. The third-order valence-corrected chi connectivity index (χ3v) is 5.77. The minimum Gasteiger partial charge on any atom is -0.461 e. The molecule has 0 aromatic carbocycles. The maximum Gasteiger partial charge on any atom is 0.311 e. The zero-order valence-corrected chi connectivity index (χ0v) is 16.2. The van der Waals surface area contributed by atoms with Gasteiger partial charge in [-0.3, -0.25) is 4.79 Å². The second-order valence-electron chi connectivity index (χ2n) is 8.22. The van der Waals surface area contributed by atoms with Crippen molar-refractivity contribution in [1.82, 2.24) is 0 Å². The summed E-state index contributed by atoms with van der Waals surface area (Å²) in [6.45, 7) is 12.7. The number of carbonyl (C=O) groups is 1. The highest BCUT2D eigenvalue weighted by molar-refractivity contribution is 5.76. The maximum atomic E-state index is 12.7. The number of ether oxygens (including phenoxy) is 1. The number of hydrogen-bond acceptors (Lipinski definition) is 2. The van der Waals surface area contributed by atoms with E-state index in [1.807, 2.05) is 20.8 Å². The van der Waals surface area contributed by atoms with Crippen molar-refractivity contribution >= 4 is 5.97 Å². The largest absolute Gasteiger partial charge is 0.461 e. The summed E-state index contributed by atoms with van der Waals surface area (Å²) in [5, 5.41) is 0. The Bertz CT molecular complexity index is 538. The van der Waals surface area contributed by atoms with Gasteiger partial charge in [0.25, 0.3) is 0 Å². The van der Waals surface area contributed by atoms with E-state index in [0.29, 0.717) is 23.7 Å². The third-order valence-electron chi connectivity index (χ3n) is 5.77. The smallest absolute Gasteiger partial charge is 0.311 e. The number of hydrogen-bond donors (Lipinski definition) is 0. The van der Waals surface area contributed by atoms with E-state index in [4.69, 9.17) is 4.74 Å². The van der Waals surface area contributed by atoms with Crippen molar-refractivity contribution in [3.05, 3.63) is 36.0 Å². The van der Waals surface area contributed by atoms with Crippen molar-refractivity contribution in [2.45, 2.75) is 66.9 Å². The van der Waals surface area contributed by atoms with E-state index in [2.05, 4.69) is 51.2 Å². The van der Waals surface area contributed by atoms with Gasteiger partial charge in [-0.05, 0) is 56.4 Å². The first kappa shape index (κ1) is 19.0. The van der Waals surface area contributed by atoms with Crippen LogP contribution in [-0.2, 0) is 9.53 Å². The zero-order valence-electron chi connectivity index (χ0n) is 16.2. The summed E-state index contributed by atoms with van der Waals surface area (Å²) < 4.78 is 6.10. The van der Waals surface area contributed by atoms with Crippen LogP contribution >= 0.6 is 0 Å². The molecule has 2 nitrogen and oxygen atoms in total. The molecule has 0 saturated carbocycles. The molecule has 2 aliphatic carbocycles. The molecule has 1 unspecified atom stereocenters. The lowest BCUT2D eigenvalue weighted by Gasteiger charge is -2.42. The number of esters is 1. The summed E-state index contributed by atoms with van der Waals surface area (Å²) in [4.78, 5) is 12.7. The second kappa shape index (κ2) is 7.72. The normalized spacial score (nSPS) is 33.2. The summed E-state index contributed by atoms with van der Waals surface area (Å²) >= 11 is 0. The van der Waals surface area contributed by atoms with Gasteiger partial charge in [-0.1, -0.05) is 58.1 Å². The highest BCUT2D eigenvalue weighted by Gasteiger charge is 2.41. The molecular weight excluding hydrogens is 296 g/mol. The average molecular weight is 331 g/mol. The SMILES string of the molecule is CC/C=C/[C@@H]1[C@@H]2C(=CC(C)C[C@@H]2OC(=O)C(C)(C)CC)C=C[C@@H]1C. The number of fused-ring (bicyclic) bond motifs is 1. The van der Waals surface area contributed by atoms with Gasteiger partial charge in [-0.15, -0.1) is 0 Å². The fourth-order valence-corrected chi connectivity index (χ4v) is 3.74. The van der Waals surface area contributed by atoms with Crippen LogP contribution in [0.2, 0.25) is 0 Å². The van der Waals surface area contributed by atoms with Gasteiger partial charge in [0, 0.05) is 5.92 Å². The molecule has 0 aliphatic heterocycles. The molecular formula is C22H34O2. The van der Waals surface area contributed by atoms with Gasteiger partial charge in [0.2, 0.25) is 0 Å². The Hall–Kier alpha value is -1.31. The Balaban J connectivity index is 2.30. The molecule has 0 heterocycles. The summed E-state index contributed by atoms with van der Waals surface area (Å²) in [7, 11) is 0. The van der Waals surface area contributed by atoms with Crippen LogP contribution in [0.5, 0.6) is 0 Å².